The molecule has 2 amide bonds. The molecule has 1 N–H and O–H groups in total. The predicted octanol–water partition coefficient (Wildman–Crippen LogP) is 16.9. The number of rotatable bonds is 49. The van der Waals surface area contributed by atoms with Crippen molar-refractivity contribution in [1.29, 1.82) is 0 Å². The Morgan fingerprint density at radius 1 is 0.328 bits per heavy atom. The Kier molecular flexibility index (Phi) is 44.7. The van der Waals surface area contributed by atoms with Crippen LogP contribution < -0.4 is 0 Å². The van der Waals surface area contributed by atoms with Crippen molar-refractivity contribution in [2.45, 2.75) is 322 Å². The average molecular weight is 903 g/mol. The normalized spacial score (nSPS) is 15.3. The fourth-order valence-electron chi connectivity index (χ4n) is 10.2. The third kappa shape index (κ3) is 36.9. The molecule has 6 heteroatoms. The molecule has 1 rings (SSSR count). The molecule has 0 unspecified atom stereocenters. The zero-order chi connectivity index (χ0) is 46.4. The first-order valence-corrected chi connectivity index (χ1v) is 29.4. The Hall–Kier alpha value is -1.14. The van der Waals surface area contributed by atoms with Gasteiger partial charge in [-0.15, -0.1) is 0 Å². The molecule has 1 saturated carbocycles. The summed E-state index contributed by atoms with van der Waals surface area (Å²) in [5.74, 6) is 0.813. The maximum absolute atomic E-state index is 13.3. The largest absolute Gasteiger partial charge is 0.393 e. The van der Waals surface area contributed by atoms with Gasteiger partial charge in [-0.3, -0.25) is 9.59 Å². The molecule has 64 heavy (non-hydrogen) atoms. The van der Waals surface area contributed by atoms with Crippen LogP contribution in [0, 0.1) is 0 Å². The van der Waals surface area contributed by atoms with Crippen LogP contribution in [-0.2, 0) is 9.59 Å². The summed E-state index contributed by atoms with van der Waals surface area (Å²) in [7, 11) is 0. The highest BCUT2D eigenvalue weighted by Crippen LogP contribution is 2.25. The van der Waals surface area contributed by atoms with E-state index >= 15 is 0 Å². The van der Waals surface area contributed by atoms with Crippen molar-refractivity contribution >= 4 is 11.8 Å². The summed E-state index contributed by atoms with van der Waals surface area (Å²) in [5, 5.41) is 10.2. The molecule has 6 nitrogen and oxygen atoms in total. The van der Waals surface area contributed by atoms with Gasteiger partial charge in [0.1, 0.15) is 0 Å². The van der Waals surface area contributed by atoms with E-state index in [0.717, 1.165) is 90.4 Å². The van der Waals surface area contributed by atoms with E-state index in [1.165, 1.54) is 231 Å². The molecule has 0 spiro atoms. The number of hydrogen-bond acceptors (Lipinski definition) is 4. The van der Waals surface area contributed by atoms with Crippen LogP contribution in [0.25, 0.3) is 0 Å². The van der Waals surface area contributed by atoms with E-state index in [9.17, 15) is 14.7 Å². The fourth-order valence-corrected chi connectivity index (χ4v) is 10.2. The smallest absolute Gasteiger partial charge is 0.222 e. The number of nitrogens with zero attached hydrogens (tertiary/aromatic N) is 3. The summed E-state index contributed by atoms with van der Waals surface area (Å²) in [4.78, 5) is 33.9. The van der Waals surface area contributed by atoms with E-state index in [-0.39, 0.29) is 6.10 Å². The van der Waals surface area contributed by atoms with Gasteiger partial charge in [-0.2, -0.15) is 0 Å². The van der Waals surface area contributed by atoms with Crippen LogP contribution in [0.1, 0.15) is 310 Å². The van der Waals surface area contributed by atoms with Crippen molar-refractivity contribution in [2.75, 3.05) is 39.3 Å². The van der Waals surface area contributed by atoms with Gasteiger partial charge in [0.05, 0.1) is 6.10 Å². The van der Waals surface area contributed by atoms with Crippen LogP contribution in [0.3, 0.4) is 0 Å². The Morgan fingerprint density at radius 3 is 0.859 bits per heavy atom. The van der Waals surface area contributed by atoms with Crippen LogP contribution in [0.5, 0.6) is 0 Å². The van der Waals surface area contributed by atoms with E-state index in [2.05, 4.69) is 42.4 Å². The minimum Gasteiger partial charge on any atom is -0.393 e. The standard InChI is InChI=1S/C58H115N3O3/c1-5-9-13-17-19-21-23-25-31-41-53-60(51-37-15-11-7-3)57(63)43-35-29-27-33-39-49-59(55-45-47-56(62)48-46-55)50-40-34-28-30-36-44-58(64)61(52-38-16-12-8-4)54-42-32-26-24-22-20-18-14-10-6-2/h55-56,62H,5-54H2,1-4H3. The molecule has 0 aromatic carbocycles. The van der Waals surface area contributed by atoms with Crippen molar-refractivity contribution in [2.24, 2.45) is 0 Å². The molecule has 0 atom stereocenters. The first kappa shape index (κ1) is 60.9. The Labute approximate surface area is 401 Å². The first-order chi connectivity index (χ1) is 31.5. The zero-order valence-corrected chi connectivity index (χ0v) is 44.1. The van der Waals surface area contributed by atoms with Crippen LogP contribution in [0.15, 0.2) is 0 Å². The summed E-state index contributed by atoms with van der Waals surface area (Å²) in [6.45, 7) is 15.3. The third-order valence-electron chi connectivity index (χ3n) is 14.7. The lowest BCUT2D eigenvalue weighted by Gasteiger charge is -2.36. The second-order valence-electron chi connectivity index (χ2n) is 20.8. The monoisotopic (exact) mass is 902 g/mol. The molecule has 0 saturated heterocycles. The molecule has 1 aliphatic rings. The van der Waals surface area contributed by atoms with Gasteiger partial charge in [0.15, 0.2) is 0 Å². The summed E-state index contributed by atoms with van der Waals surface area (Å²) >= 11 is 0. The zero-order valence-electron chi connectivity index (χ0n) is 44.1. The van der Waals surface area contributed by atoms with E-state index < -0.39 is 0 Å². The Balaban J connectivity index is 2.36. The van der Waals surface area contributed by atoms with Gasteiger partial charge < -0.3 is 19.8 Å². The highest BCUT2D eigenvalue weighted by atomic mass is 16.3. The topological polar surface area (TPSA) is 64.1 Å². The molecule has 0 radical (unpaired) electrons. The summed E-state index contributed by atoms with van der Waals surface area (Å²) in [6, 6.07) is 0.622. The van der Waals surface area contributed by atoms with Crippen molar-refractivity contribution in [1.82, 2.24) is 14.7 Å². The molecule has 0 heterocycles. The molecule has 380 valence electrons. The van der Waals surface area contributed by atoms with Crippen molar-refractivity contribution in [3.63, 3.8) is 0 Å². The minimum absolute atomic E-state index is 0.104. The SMILES string of the molecule is CCCCCCCCCCCCN(CCCCCC)C(=O)CCCCCCCN(CCCCCCCC(=O)N(CCCCCC)CCCCCCCCCCCC)C1CCC(O)CC1. The van der Waals surface area contributed by atoms with Crippen LogP contribution >= 0.6 is 0 Å². The Morgan fingerprint density at radius 2 is 0.562 bits per heavy atom. The predicted molar refractivity (Wildman–Crippen MR) is 280 cm³/mol. The number of unbranched alkanes of at least 4 members (excludes halogenated alkanes) is 32. The third-order valence-corrected chi connectivity index (χ3v) is 14.7. The molecule has 0 bridgehead atoms. The number of carbonyl (C=O) groups is 2. The Bertz CT molecular complexity index is 918. The number of aliphatic hydroxyl groups excluding tert-OH is 1. The van der Waals surface area contributed by atoms with Crippen LogP contribution in [0.4, 0.5) is 0 Å². The molecule has 1 fully saturated rings. The molecule has 0 aliphatic heterocycles. The molecular formula is C58H115N3O3. The van der Waals surface area contributed by atoms with E-state index in [0.29, 0.717) is 17.9 Å². The number of amides is 2. The minimum atomic E-state index is -0.104. The first-order valence-electron chi connectivity index (χ1n) is 29.4. The summed E-state index contributed by atoms with van der Waals surface area (Å²) in [5.41, 5.74) is 0. The van der Waals surface area contributed by atoms with E-state index in [1.54, 1.807) is 0 Å². The summed E-state index contributed by atoms with van der Waals surface area (Å²) < 4.78 is 0. The molecule has 1 aliphatic carbocycles. The van der Waals surface area contributed by atoms with Gasteiger partial charge in [0, 0.05) is 45.1 Å². The van der Waals surface area contributed by atoms with Gasteiger partial charge in [-0.05, 0) is 90.1 Å². The average Bonchev–Trinajstić information content (AvgIpc) is 3.30. The lowest BCUT2D eigenvalue weighted by Crippen LogP contribution is -2.40. The fraction of sp³-hybridized carbons (Fsp3) is 0.966. The maximum Gasteiger partial charge on any atom is 0.222 e. The molecule has 0 aromatic rings. The quantitative estimate of drug-likeness (QED) is 0.0618. The maximum atomic E-state index is 13.3. The van der Waals surface area contributed by atoms with Crippen LogP contribution in [-0.4, -0.2) is 83.0 Å². The second kappa shape index (κ2) is 46.9. The van der Waals surface area contributed by atoms with Gasteiger partial charge in [-0.25, -0.2) is 0 Å². The number of aliphatic hydroxyl groups is 1. The lowest BCUT2D eigenvalue weighted by molar-refractivity contribution is -0.132. The van der Waals surface area contributed by atoms with E-state index in [4.69, 9.17) is 0 Å². The lowest BCUT2D eigenvalue weighted by atomic mass is 9.91. The van der Waals surface area contributed by atoms with Crippen LogP contribution in [0.2, 0.25) is 0 Å². The highest BCUT2D eigenvalue weighted by Gasteiger charge is 2.24. The molecule has 0 aromatic heterocycles. The molecular weight excluding hydrogens is 787 g/mol. The van der Waals surface area contributed by atoms with E-state index in [1.807, 2.05) is 0 Å². The van der Waals surface area contributed by atoms with Gasteiger partial charge >= 0.3 is 0 Å². The second-order valence-corrected chi connectivity index (χ2v) is 20.8. The van der Waals surface area contributed by atoms with Crippen molar-refractivity contribution in [3.8, 4) is 0 Å². The highest BCUT2D eigenvalue weighted by molar-refractivity contribution is 5.76. The van der Waals surface area contributed by atoms with Gasteiger partial charge in [0.2, 0.25) is 11.8 Å². The van der Waals surface area contributed by atoms with Gasteiger partial charge in [0.25, 0.3) is 0 Å². The van der Waals surface area contributed by atoms with Gasteiger partial charge in [-0.1, -0.05) is 220 Å². The number of hydrogen-bond donors (Lipinski definition) is 1. The number of carbonyl (C=O) groups excluding carboxylic acids is 2. The van der Waals surface area contributed by atoms with Crippen molar-refractivity contribution < 1.29 is 14.7 Å². The summed E-state index contributed by atoms with van der Waals surface area (Å²) in [6.07, 6.45) is 54.1. The van der Waals surface area contributed by atoms with Crippen molar-refractivity contribution in [3.05, 3.63) is 0 Å².